The number of hydrogen-bond acceptors (Lipinski definition) is 3. The SMILES string of the molecule is Cc1cnc(N2CCCC2C)nc1. The minimum atomic E-state index is 0.600. The fourth-order valence-corrected chi connectivity index (χ4v) is 1.76. The first kappa shape index (κ1) is 8.48. The number of aryl methyl sites for hydroxylation is 1. The van der Waals surface area contributed by atoms with Gasteiger partial charge in [-0.1, -0.05) is 0 Å². The third kappa shape index (κ3) is 1.64. The molecule has 0 aliphatic carbocycles. The molecule has 3 nitrogen and oxygen atoms in total. The molecule has 0 aromatic carbocycles. The molecule has 1 aliphatic heterocycles. The van der Waals surface area contributed by atoms with Crippen LogP contribution in [0.3, 0.4) is 0 Å². The molecule has 0 amide bonds. The van der Waals surface area contributed by atoms with Gasteiger partial charge in [0.05, 0.1) is 0 Å². The average molecular weight is 177 g/mol. The van der Waals surface area contributed by atoms with Crippen LogP contribution in [-0.4, -0.2) is 22.6 Å². The summed E-state index contributed by atoms with van der Waals surface area (Å²) in [5.41, 5.74) is 1.12. The Hall–Kier alpha value is -1.12. The van der Waals surface area contributed by atoms with E-state index in [-0.39, 0.29) is 0 Å². The Bertz CT molecular complexity index is 281. The van der Waals surface area contributed by atoms with Gasteiger partial charge in [0, 0.05) is 25.0 Å². The van der Waals surface area contributed by atoms with Crippen molar-refractivity contribution in [3.8, 4) is 0 Å². The number of aromatic nitrogens is 2. The van der Waals surface area contributed by atoms with Crippen molar-refractivity contribution >= 4 is 5.95 Å². The van der Waals surface area contributed by atoms with Gasteiger partial charge in [-0.05, 0) is 32.3 Å². The van der Waals surface area contributed by atoms with Crippen LogP contribution < -0.4 is 4.90 Å². The Balaban J connectivity index is 2.20. The molecule has 70 valence electrons. The van der Waals surface area contributed by atoms with E-state index in [9.17, 15) is 0 Å². The van der Waals surface area contributed by atoms with E-state index in [0.29, 0.717) is 6.04 Å². The molecule has 2 heterocycles. The van der Waals surface area contributed by atoms with Crippen LogP contribution in [-0.2, 0) is 0 Å². The fraction of sp³-hybridized carbons (Fsp3) is 0.600. The highest BCUT2D eigenvalue weighted by atomic mass is 15.3. The number of nitrogens with zero attached hydrogens (tertiary/aromatic N) is 3. The lowest BCUT2D eigenvalue weighted by Gasteiger charge is -2.20. The summed E-state index contributed by atoms with van der Waals surface area (Å²) in [4.78, 5) is 10.9. The van der Waals surface area contributed by atoms with Gasteiger partial charge in [0.2, 0.25) is 5.95 Å². The van der Waals surface area contributed by atoms with E-state index in [1.54, 1.807) is 0 Å². The fourth-order valence-electron chi connectivity index (χ4n) is 1.76. The molecule has 13 heavy (non-hydrogen) atoms. The highest BCUT2D eigenvalue weighted by molar-refractivity contribution is 5.32. The molecular formula is C10H15N3. The summed E-state index contributed by atoms with van der Waals surface area (Å²) in [7, 11) is 0. The summed E-state index contributed by atoms with van der Waals surface area (Å²) >= 11 is 0. The number of rotatable bonds is 1. The van der Waals surface area contributed by atoms with Crippen molar-refractivity contribution in [3.63, 3.8) is 0 Å². The molecule has 3 heteroatoms. The van der Waals surface area contributed by atoms with Crippen molar-refractivity contribution in [2.24, 2.45) is 0 Å². The van der Waals surface area contributed by atoms with Crippen LogP contribution >= 0.6 is 0 Å². The van der Waals surface area contributed by atoms with Crippen LogP contribution in [0.15, 0.2) is 12.4 Å². The second kappa shape index (κ2) is 3.32. The Morgan fingerprint density at radius 1 is 1.38 bits per heavy atom. The van der Waals surface area contributed by atoms with Gasteiger partial charge in [0.15, 0.2) is 0 Å². The van der Waals surface area contributed by atoms with E-state index < -0.39 is 0 Å². The van der Waals surface area contributed by atoms with Crippen LogP contribution in [0.2, 0.25) is 0 Å². The van der Waals surface area contributed by atoms with E-state index in [1.807, 2.05) is 19.3 Å². The molecule has 1 aromatic rings. The zero-order chi connectivity index (χ0) is 9.26. The van der Waals surface area contributed by atoms with Crippen molar-refractivity contribution in [2.75, 3.05) is 11.4 Å². The van der Waals surface area contributed by atoms with Gasteiger partial charge in [0.25, 0.3) is 0 Å². The van der Waals surface area contributed by atoms with Crippen molar-refractivity contribution < 1.29 is 0 Å². The maximum atomic E-state index is 4.33. The van der Waals surface area contributed by atoms with Crippen molar-refractivity contribution in [3.05, 3.63) is 18.0 Å². The molecular weight excluding hydrogens is 162 g/mol. The molecule has 1 fully saturated rings. The Kier molecular flexibility index (Phi) is 2.17. The van der Waals surface area contributed by atoms with Gasteiger partial charge in [-0.3, -0.25) is 0 Å². The van der Waals surface area contributed by atoms with Gasteiger partial charge in [-0.2, -0.15) is 0 Å². The summed E-state index contributed by atoms with van der Waals surface area (Å²) in [6.07, 6.45) is 6.29. The van der Waals surface area contributed by atoms with Gasteiger partial charge < -0.3 is 4.90 Å². The zero-order valence-corrected chi connectivity index (χ0v) is 8.20. The molecule has 1 aliphatic rings. The Labute approximate surface area is 78.8 Å². The summed E-state index contributed by atoms with van der Waals surface area (Å²) < 4.78 is 0. The maximum absolute atomic E-state index is 4.33. The molecule has 0 radical (unpaired) electrons. The minimum absolute atomic E-state index is 0.600. The molecule has 1 unspecified atom stereocenters. The molecule has 1 atom stereocenters. The molecule has 0 N–H and O–H groups in total. The quantitative estimate of drug-likeness (QED) is 0.654. The molecule has 1 saturated heterocycles. The highest BCUT2D eigenvalue weighted by Gasteiger charge is 2.21. The smallest absolute Gasteiger partial charge is 0.225 e. The topological polar surface area (TPSA) is 29.0 Å². The third-order valence-corrected chi connectivity index (χ3v) is 2.58. The predicted molar refractivity (Wildman–Crippen MR) is 52.8 cm³/mol. The summed E-state index contributed by atoms with van der Waals surface area (Å²) in [6, 6.07) is 0.600. The van der Waals surface area contributed by atoms with E-state index in [4.69, 9.17) is 0 Å². The van der Waals surface area contributed by atoms with Crippen LogP contribution in [0.1, 0.15) is 25.3 Å². The summed E-state index contributed by atoms with van der Waals surface area (Å²) in [5, 5.41) is 0. The van der Waals surface area contributed by atoms with Gasteiger partial charge in [0.1, 0.15) is 0 Å². The summed E-state index contributed by atoms with van der Waals surface area (Å²) in [5.74, 6) is 0.885. The third-order valence-electron chi connectivity index (χ3n) is 2.58. The maximum Gasteiger partial charge on any atom is 0.225 e. The monoisotopic (exact) mass is 177 g/mol. The van der Waals surface area contributed by atoms with Crippen LogP contribution in [0.25, 0.3) is 0 Å². The normalized spacial score (nSPS) is 22.3. The second-order valence-electron chi connectivity index (χ2n) is 3.75. The first-order valence-electron chi connectivity index (χ1n) is 4.82. The van der Waals surface area contributed by atoms with Crippen molar-refractivity contribution in [2.45, 2.75) is 32.7 Å². The largest absolute Gasteiger partial charge is 0.338 e. The Morgan fingerprint density at radius 3 is 2.62 bits per heavy atom. The summed E-state index contributed by atoms with van der Waals surface area (Å²) in [6.45, 7) is 5.34. The molecule has 0 bridgehead atoms. The zero-order valence-electron chi connectivity index (χ0n) is 8.20. The lowest BCUT2D eigenvalue weighted by Crippen LogP contribution is -2.28. The second-order valence-corrected chi connectivity index (χ2v) is 3.75. The number of anilines is 1. The lowest BCUT2D eigenvalue weighted by molar-refractivity contribution is 0.716. The molecule has 1 aromatic heterocycles. The van der Waals surface area contributed by atoms with Crippen molar-refractivity contribution in [1.82, 2.24) is 9.97 Å². The first-order valence-corrected chi connectivity index (χ1v) is 4.82. The first-order chi connectivity index (χ1) is 6.27. The standard InChI is InChI=1S/C10H15N3/c1-8-6-11-10(12-7-8)13-5-3-4-9(13)2/h6-7,9H,3-5H2,1-2H3. The van der Waals surface area contributed by atoms with E-state index in [2.05, 4.69) is 21.8 Å². The van der Waals surface area contributed by atoms with Gasteiger partial charge >= 0.3 is 0 Å². The average Bonchev–Trinajstić information content (AvgIpc) is 2.53. The van der Waals surface area contributed by atoms with Gasteiger partial charge in [-0.15, -0.1) is 0 Å². The van der Waals surface area contributed by atoms with Crippen molar-refractivity contribution in [1.29, 1.82) is 0 Å². The van der Waals surface area contributed by atoms with Gasteiger partial charge in [-0.25, -0.2) is 9.97 Å². The molecule has 0 spiro atoms. The van der Waals surface area contributed by atoms with E-state index in [0.717, 1.165) is 18.1 Å². The van der Waals surface area contributed by atoms with Crippen LogP contribution in [0, 0.1) is 6.92 Å². The predicted octanol–water partition coefficient (Wildman–Crippen LogP) is 1.77. The van der Waals surface area contributed by atoms with E-state index in [1.165, 1.54) is 12.8 Å². The Morgan fingerprint density at radius 2 is 2.08 bits per heavy atom. The number of hydrogen-bond donors (Lipinski definition) is 0. The van der Waals surface area contributed by atoms with Crippen LogP contribution in [0.4, 0.5) is 5.95 Å². The minimum Gasteiger partial charge on any atom is -0.338 e. The molecule has 2 rings (SSSR count). The van der Waals surface area contributed by atoms with E-state index >= 15 is 0 Å². The highest BCUT2D eigenvalue weighted by Crippen LogP contribution is 2.20. The van der Waals surface area contributed by atoms with Crippen LogP contribution in [0.5, 0.6) is 0 Å². The lowest BCUT2D eigenvalue weighted by atomic mass is 10.2. The molecule has 0 saturated carbocycles.